The molecule has 5 rings (SSSR count). The lowest BCUT2D eigenvalue weighted by atomic mass is 10.1. The Hall–Kier alpha value is -2.88. The third-order valence-electron chi connectivity index (χ3n) is 5.77. The Morgan fingerprint density at radius 1 is 1.14 bits per heavy atom. The Morgan fingerprint density at radius 2 is 1.89 bits per heavy atom. The Bertz CT molecular complexity index is 1310. The van der Waals surface area contributed by atoms with Gasteiger partial charge in [0, 0.05) is 30.4 Å². The summed E-state index contributed by atoms with van der Waals surface area (Å²) < 4.78 is 13.9. The van der Waals surface area contributed by atoms with E-state index in [0.29, 0.717) is 18.0 Å². The summed E-state index contributed by atoms with van der Waals surface area (Å²) in [6.45, 7) is 5.51. The van der Waals surface area contributed by atoms with Crippen LogP contribution in [-0.2, 0) is 9.53 Å². The number of hydrogen-bond acceptors (Lipinski definition) is 6. The second-order valence-corrected chi connectivity index (χ2v) is 10.4. The maximum absolute atomic E-state index is 12.9. The van der Waals surface area contributed by atoms with Crippen LogP contribution >= 0.6 is 27.7 Å². The highest BCUT2D eigenvalue weighted by Gasteiger charge is 2.31. The third-order valence-corrected chi connectivity index (χ3v) is 7.44. The Labute approximate surface area is 217 Å². The average molecular weight is 553 g/mol. The summed E-state index contributed by atoms with van der Waals surface area (Å²) in [6.07, 6.45) is 4.01. The quantitative estimate of drug-likeness (QED) is 0.404. The molecule has 1 saturated heterocycles. The molecule has 2 aliphatic rings. The van der Waals surface area contributed by atoms with E-state index in [0.717, 1.165) is 37.9 Å². The number of halogens is 1. The van der Waals surface area contributed by atoms with Gasteiger partial charge in [-0.2, -0.15) is 10.1 Å². The molecule has 2 unspecified atom stereocenters. The number of para-hydroxylation sites is 1. The van der Waals surface area contributed by atoms with Gasteiger partial charge in [0.2, 0.25) is 0 Å². The predicted octanol–water partition coefficient (Wildman–Crippen LogP) is 5.39. The van der Waals surface area contributed by atoms with Gasteiger partial charge in [-0.3, -0.25) is 4.79 Å². The highest BCUT2D eigenvalue weighted by Crippen LogP contribution is 2.36. The highest BCUT2D eigenvalue weighted by atomic mass is 79.9. The van der Waals surface area contributed by atoms with Gasteiger partial charge in [-0.15, -0.1) is 0 Å². The van der Waals surface area contributed by atoms with Crippen LogP contribution in [0.15, 0.2) is 69.1 Å². The van der Waals surface area contributed by atoms with Crippen molar-refractivity contribution in [3.8, 4) is 22.7 Å². The van der Waals surface area contributed by atoms with E-state index in [-0.39, 0.29) is 18.1 Å². The molecule has 0 aliphatic carbocycles. The lowest BCUT2D eigenvalue weighted by Crippen LogP contribution is -2.47. The molecule has 2 aliphatic heterocycles. The first-order chi connectivity index (χ1) is 16.9. The number of thioether (sulfide) groups is 1. The van der Waals surface area contributed by atoms with Gasteiger partial charge in [0.25, 0.3) is 5.91 Å². The molecule has 180 valence electrons. The second kappa shape index (κ2) is 10.0. The van der Waals surface area contributed by atoms with Crippen molar-refractivity contribution >= 4 is 44.8 Å². The summed E-state index contributed by atoms with van der Waals surface area (Å²) >= 11 is 4.98. The van der Waals surface area contributed by atoms with Crippen LogP contribution in [0.4, 0.5) is 0 Å². The summed E-state index contributed by atoms with van der Waals surface area (Å²) in [5.74, 6) is 0.510. The molecule has 1 amide bonds. The molecular formula is C26H25BrN4O3S. The highest BCUT2D eigenvalue weighted by molar-refractivity contribution is 9.10. The number of aromatic nitrogens is 2. The minimum Gasteiger partial charge on any atom is -0.496 e. The molecule has 3 heterocycles. The number of amides is 1. The number of carbonyl (C=O) groups is 1. The monoisotopic (exact) mass is 552 g/mol. The van der Waals surface area contributed by atoms with Crippen molar-refractivity contribution in [3.63, 3.8) is 0 Å². The van der Waals surface area contributed by atoms with Crippen LogP contribution in [-0.4, -0.2) is 58.2 Å². The maximum Gasteiger partial charge on any atom is 0.286 e. The topological polar surface area (TPSA) is 68.9 Å². The maximum atomic E-state index is 12.9. The predicted molar refractivity (Wildman–Crippen MR) is 143 cm³/mol. The van der Waals surface area contributed by atoms with Crippen LogP contribution in [0.25, 0.3) is 23.0 Å². The lowest BCUT2D eigenvalue weighted by molar-refractivity contribution is -0.113. The Kier molecular flexibility index (Phi) is 6.82. The number of methoxy groups -OCH3 is 1. The largest absolute Gasteiger partial charge is 0.496 e. The van der Waals surface area contributed by atoms with Gasteiger partial charge in [0.15, 0.2) is 5.17 Å². The van der Waals surface area contributed by atoms with Gasteiger partial charge in [-0.05, 0) is 77.9 Å². The SMILES string of the molecule is COc1ccc(-c2nn(-c3ccccc3)cc2/C=C2\SC(N3CC(C)OC(C)C3)=NC2=O)cc1Br. The number of carbonyl (C=O) groups excluding carboxylic acids is 1. The zero-order valence-electron chi connectivity index (χ0n) is 19.6. The van der Waals surface area contributed by atoms with Crippen LogP contribution in [0.5, 0.6) is 5.75 Å². The van der Waals surface area contributed by atoms with E-state index in [4.69, 9.17) is 14.6 Å². The molecule has 35 heavy (non-hydrogen) atoms. The number of ether oxygens (including phenoxy) is 2. The van der Waals surface area contributed by atoms with Gasteiger partial charge < -0.3 is 14.4 Å². The van der Waals surface area contributed by atoms with Crippen molar-refractivity contribution in [3.05, 3.63) is 69.7 Å². The normalized spacial score (nSPS) is 21.5. The minimum atomic E-state index is -0.230. The van der Waals surface area contributed by atoms with Gasteiger partial charge in [-0.25, -0.2) is 4.68 Å². The molecule has 0 spiro atoms. The van der Waals surface area contributed by atoms with E-state index >= 15 is 0 Å². The fraction of sp³-hybridized carbons (Fsp3) is 0.269. The average Bonchev–Trinajstić information content (AvgIpc) is 3.43. The first kappa shape index (κ1) is 23.8. The van der Waals surface area contributed by atoms with Crippen LogP contribution in [0, 0.1) is 0 Å². The van der Waals surface area contributed by atoms with Gasteiger partial charge in [0.1, 0.15) is 11.4 Å². The van der Waals surface area contributed by atoms with Crippen LogP contribution in [0.1, 0.15) is 19.4 Å². The smallest absolute Gasteiger partial charge is 0.286 e. The number of rotatable bonds is 4. The van der Waals surface area contributed by atoms with Crippen LogP contribution in [0.2, 0.25) is 0 Å². The van der Waals surface area contributed by atoms with Crippen molar-refractivity contribution in [1.29, 1.82) is 0 Å². The minimum absolute atomic E-state index is 0.0920. The lowest BCUT2D eigenvalue weighted by Gasteiger charge is -2.35. The number of nitrogens with zero attached hydrogens (tertiary/aromatic N) is 4. The molecule has 0 bridgehead atoms. The van der Waals surface area contributed by atoms with Crippen molar-refractivity contribution < 1.29 is 14.3 Å². The van der Waals surface area contributed by atoms with E-state index < -0.39 is 0 Å². The van der Waals surface area contributed by atoms with Crippen LogP contribution in [0.3, 0.4) is 0 Å². The Morgan fingerprint density at radius 3 is 2.57 bits per heavy atom. The summed E-state index contributed by atoms with van der Waals surface area (Å²) in [4.78, 5) is 19.9. The van der Waals surface area contributed by atoms with E-state index in [1.165, 1.54) is 11.8 Å². The first-order valence-electron chi connectivity index (χ1n) is 11.3. The summed E-state index contributed by atoms with van der Waals surface area (Å²) in [5.41, 5.74) is 3.44. The van der Waals surface area contributed by atoms with E-state index in [9.17, 15) is 4.79 Å². The fourth-order valence-electron chi connectivity index (χ4n) is 4.25. The molecule has 2 aromatic carbocycles. The van der Waals surface area contributed by atoms with Gasteiger partial charge in [-0.1, -0.05) is 18.2 Å². The summed E-state index contributed by atoms with van der Waals surface area (Å²) in [5, 5.41) is 5.60. The standard InChI is InChI=1S/C26H25BrN4O3S/c1-16-13-30(14-17(2)34-16)26-28-25(32)23(35-26)12-19-15-31(20-7-5-4-6-8-20)29-24(19)18-9-10-22(33-3)21(27)11-18/h4-12,15-17H,13-14H2,1-3H3/b23-12-. The van der Waals surface area contributed by atoms with Gasteiger partial charge in [0.05, 0.1) is 34.4 Å². The van der Waals surface area contributed by atoms with Crippen molar-refractivity contribution in [2.75, 3.05) is 20.2 Å². The molecule has 0 radical (unpaired) electrons. The number of benzene rings is 2. The molecule has 2 atom stereocenters. The summed E-state index contributed by atoms with van der Waals surface area (Å²) in [6, 6.07) is 15.7. The van der Waals surface area contributed by atoms with E-state index in [2.05, 4.69) is 25.8 Å². The van der Waals surface area contributed by atoms with Crippen LogP contribution < -0.4 is 4.74 Å². The zero-order chi connectivity index (χ0) is 24.5. The number of hydrogen-bond donors (Lipinski definition) is 0. The molecule has 0 saturated carbocycles. The zero-order valence-corrected chi connectivity index (χ0v) is 22.0. The van der Waals surface area contributed by atoms with Crippen molar-refractivity contribution in [1.82, 2.24) is 14.7 Å². The van der Waals surface area contributed by atoms with E-state index in [1.54, 1.807) is 7.11 Å². The second-order valence-electron chi connectivity index (χ2n) is 8.53. The van der Waals surface area contributed by atoms with E-state index in [1.807, 2.05) is 79.3 Å². The Balaban J connectivity index is 1.51. The molecular weight excluding hydrogens is 528 g/mol. The summed E-state index contributed by atoms with van der Waals surface area (Å²) in [7, 11) is 1.64. The number of aliphatic imine (C=N–C) groups is 1. The molecule has 9 heteroatoms. The molecule has 7 nitrogen and oxygen atoms in total. The molecule has 0 N–H and O–H groups in total. The van der Waals surface area contributed by atoms with Crippen molar-refractivity contribution in [2.45, 2.75) is 26.1 Å². The molecule has 1 aromatic heterocycles. The fourth-order valence-corrected chi connectivity index (χ4v) is 5.72. The number of morpholine rings is 1. The van der Waals surface area contributed by atoms with Crippen molar-refractivity contribution in [2.24, 2.45) is 4.99 Å². The first-order valence-corrected chi connectivity index (χ1v) is 12.9. The van der Waals surface area contributed by atoms with Gasteiger partial charge >= 0.3 is 0 Å². The molecule has 1 fully saturated rings. The third kappa shape index (κ3) is 5.07. The molecule has 3 aromatic rings. The number of amidine groups is 1.